The number of rotatable bonds is 5. The number of ether oxygens (including phenoxy) is 1. The first-order valence-corrected chi connectivity index (χ1v) is 8.33. The molecule has 1 fully saturated rings. The molecule has 2 N–H and O–H groups in total. The molecule has 0 aliphatic carbocycles. The molecule has 1 heterocycles. The van der Waals surface area contributed by atoms with Crippen LogP contribution < -0.4 is 10.6 Å². The lowest BCUT2D eigenvalue weighted by Crippen LogP contribution is -2.48. The predicted octanol–water partition coefficient (Wildman–Crippen LogP) is 1.76. The highest BCUT2D eigenvalue weighted by Crippen LogP contribution is 2.34. The van der Waals surface area contributed by atoms with Gasteiger partial charge in [-0.1, -0.05) is 26.0 Å². The van der Waals surface area contributed by atoms with Crippen molar-refractivity contribution in [3.8, 4) is 0 Å². The number of hydrogen-bond donors (Lipinski definition) is 2. The molecule has 5 nitrogen and oxygen atoms in total. The van der Waals surface area contributed by atoms with Crippen molar-refractivity contribution in [3.63, 3.8) is 0 Å². The molecule has 0 unspecified atom stereocenters. The molecule has 6 heteroatoms. The molecule has 1 aliphatic rings. The molecule has 1 aromatic carbocycles. The molecule has 2 amide bonds. The summed E-state index contributed by atoms with van der Waals surface area (Å²) in [6.07, 6.45) is 1.43. The fourth-order valence-electron chi connectivity index (χ4n) is 2.84. The van der Waals surface area contributed by atoms with E-state index in [1.165, 1.54) is 12.1 Å². The highest BCUT2D eigenvalue weighted by molar-refractivity contribution is 6.35. The minimum atomic E-state index is -0.636. The molecule has 1 saturated heterocycles. The van der Waals surface area contributed by atoms with Crippen molar-refractivity contribution in [1.29, 1.82) is 0 Å². The molecule has 24 heavy (non-hydrogen) atoms. The van der Waals surface area contributed by atoms with Crippen LogP contribution in [0.2, 0.25) is 0 Å². The molecule has 0 bridgehead atoms. The summed E-state index contributed by atoms with van der Waals surface area (Å²) in [7, 11) is 0. The van der Waals surface area contributed by atoms with Gasteiger partial charge in [0.2, 0.25) is 0 Å². The Bertz CT molecular complexity index is 566. The molecule has 0 atom stereocenters. The van der Waals surface area contributed by atoms with Crippen LogP contribution in [0, 0.1) is 11.7 Å². The van der Waals surface area contributed by atoms with Gasteiger partial charge >= 0.3 is 11.8 Å². The summed E-state index contributed by atoms with van der Waals surface area (Å²) in [6.45, 7) is 5.87. The quantitative estimate of drug-likeness (QED) is 0.805. The zero-order valence-corrected chi connectivity index (χ0v) is 14.2. The zero-order valence-electron chi connectivity index (χ0n) is 14.2. The van der Waals surface area contributed by atoms with Gasteiger partial charge in [-0.25, -0.2) is 4.39 Å². The second-order valence-corrected chi connectivity index (χ2v) is 6.69. The lowest BCUT2D eigenvalue weighted by atomic mass is 9.74. The SMILES string of the molecule is CC(C)CNC(=O)C(=O)NCC1(c2ccc(F)cc2)CCOCC1. The van der Waals surface area contributed by atoms with E-state index in [4.69, 9.17) is 4.74 Å². The van der Waals surface area contributed by atoms with Gasteiger partial charge in [-0.2, -0.15) is 0 Å². The third-order valence-corrected chi connectivity index (χ3v) is 4.37. The van der Waals surface area contributed by atoms with Crippen LogP contribution in [-0.4, -0.2) is 38.1 Å². The van der Waals surface area contributed by atoms with Gasteiger partial charge in [-0.15, -0.1) is 0 Å². The van der Waals surface area contributed by atoms with Gasteiger partial charge in [0.25, 0.3) is 0 Å². The third-order valence-electron chi connectivity index (χ3n) is 4.37. The molecular formula is C18H25FN2O3. The highest BCUT2D eigenvalue weighted by Gasteiger charge is 2.35. The number of carbonyl (C=O) groups excluding carboxylic acids is 2. The number of benzene rings is 1. The Balaban J connectivity index is 2.03. The average molecular weight is 336 g/mol. The maximum atomic E-state index is 13.2. The van der Waals surface area contributed by atoms with Gasteiger partial charge in [0.05, 0.1) is 0 Å². The number of halogens is 1. The Kier molecular flexibility index (Phi) is 6.31. The maximum absolute atomic E-state index is 13.2. The number of hydrogen-bond acceptors (Lipinski definition) is 3. The first kappa shape index (κ1) is 18.4. The monoisotopic (exact) mass is 336 g/mol. The summed E-state index contributed by atoms with van der Waals surface area (Å²) >= 11 is 0. The normalized spacial score (nSPS) is 16.7. The first-order valence-electron chi connectivity index (χ1n) is 8.33. The second-order valence-electron chi connectivity index (χ2n) is 6.69. The van der Waals surface area contributed by atoms with E-state index in [0.29, 0.717) is 39.1 Å². The number of carbonyl (C=O) groups is 2. The van der Waals surface area contributed by atoms with Gasteiger partial charge < -0.3 is 15.4 Å². The van der Waals surface area contributed by atoms with Crippen LogP contribution >= 0.6 is 0 Å². The van der Waals surface area contributed by atoms with Crippen LogP contribution in [0.4, 0.5) is 4.39 Å². The van der Waals surface area contributed by atoms with E-state index in [1.54, 1.807) is 12.1 Å². The van der Waals surface area contributed by atoms with E-state index in [-0.39, 0.29) is 17.2 Å². The van der Waals surface area contributed by atoms with Crippen LogP contribution in [0.3, 0.4) is 0 Å². The Morgan fingerprint density at radius 3 is 2.29 bits per heavy atom. The Hall–Kier alpha value is -1.95. The van der Waals surface area contributed by atoms with E-state index >= 15 is 0 Å². The van der Waals surface area contributed by atoms with Crippen molar-refractivity contribution < 1.29 is 18.7 Å². The molecule has 0 aromatic heterocycles. The van der Waals surface area contributed by atoms with E-state index in [0.717, 1.165) is 5.56 Å². The van der Waals surface area contributed by atoms with Crippen LogP contribution in [0.1, 0.15) is 32.3 Å². The predicted molar refractivity (Wildman–Crippen MR) is 89.0 cm³/mol. The van der Waals surface area contributed by atoms with E-state index in [1.807, 2.05) is 13.8 Å². The molecule has 0 radical (unpaired) electrons. The standard InChI is InChI=1S/C18H25FN2O3/c1-13(2)11-20-16(22)17(23)21-12-18(7-9-24-10-8-18)14-3-5-15(19)6-4-14/h3-6,13H,7-12H2,1-2H3,(H,20,22)(H,21,23). The van der Waals surface area contributed by atoms with Gasteiger partial charge in [-0.3, -0.25) is 9.59 Å². The fourth-order valence-corrected chi connectivity index (χ4v) is 2.84. The summed E-state index contributed by atoms with van der Waals surface area (Å²) in [6, 6.07) is 6.32. The fraction of sp³-hybridized carbons (Fsp3) is 0.556. The highest BCUT2D eigenvalue weighted by atomic mass is 19.1. The third kappa shape index (κ3) is 4.77. The van der Waals surface area contributed by atoms with E-state index < -0.39 is 11.8 Å². The van der Waals surface area contributed by atoms with Crippen LogP contribution in [-0.2, 0) is 19.7 Å². The van der Waals surface area contributed by atoms with Crippen LogP contribution in [0.15, 0.2) is 24.3 Å². The average Bonchev–Trinajstić information content (AvgIpc) is 2.59. The lowest BCUT2D eigenvalue weighted by molar-refractivity contribution is -0.139. The van der Waals surface area contributed by atoms with Gasteiger partial charge in [0.1, 0.15) is 5.82 Å². The van der Waals surface area contributed by atoms with Crippen LogP contribution in [0.5, 0.6) is 0 Å². The van der Waals surface area contributed by atoms with Crippen molar-refractivity contribution in [2.45, 2.75) is 32.1 Å². The molecule has 0 spiro atoms. The lowest BCUT2D eigenvalue weighted by Gasteiger charge is -2.37. The van der Waals surface area contributed by atoms with E-state index in [9.17, 15) is 14.0 Å². The Labute approximate surface area is 142 Å². The molecule has 1 aliphatic heterocycles. The summed E-state index contributed by atoms with van der Waals surface area (Å²) in [5.74, 6) is -1.27. The maximum Gasteiger partial charge on any atom is 0.309 e. The largest absolute Gasteiger partial charge is 0.381 e. The van der Waals surface area contributed by atoms with Crippen molar-refractivity contribution in [3.05, 3.63) is 35.6 Å². The van der Waals surface area contributed by atoms with Crippen molar-refractivity contribution in [2.24, 2.45) is 5.92 Å². The zero-order chi connectivity index (χ0) is 17.6. The second kappa shape index (κ2) is 8.24. The molecule has 1 aromatic rings. The molecule has 132 valence electrons. The van der Waals surface area contributed by atoms with Crippen LogP contribution in [0.25, 0.3) is 0 Å². The summed E-state index contributed by atoms with van der Waals surface area (Å²) in [5.41, 5.74) is 0.620. The van der Waals surface area contributed by atoms with E-state index in [2.05, 4.69) is 10.6 Å². The first-order chi connectivity index (χ1) is 11.4. The smallest absolute Gasteiger partial charge is 0.309 e. The summed E-state index contributed by atoms with van der Waals surface area (Å²) in [5, 5.41) is 5.33. The molecular weight excluding hydrogens is 311 g/mol. The topological polar surface area (TPSA) is 67.4 Å². The Morgan fingerprint density at radius 1 is 1.12 bits per heavy atom. The Morgan fingerprint density at radius 2 is 1.71 bits per heavy atom. The molecule has 2 rings (SSSR count). The minimum absolute atomic E-state index is 0.280. The van der Waals surface area contributed by atoms with Crippen molar-refractivity contribution in [2.75, 3.05) is 26.3 Å². The number of nitrogens with one attached hydrogen (secondary N) is 2. The van der Waals surface area contributed by atoms with Gasteiger partial charge in [0, 0.05) is 31.7 Å². The molecule has 0 saturated carbocycles. The minimum Gasteiger partial charge on any atom is -0.381 e. The van der Waals surface area contributed by atoms with Crippen molar-refractivity contribution >= 4 is 11.8 Å². The summed E-state index contributed by atoms with van der Waals surface area (Å²) < 4.78 is 18.6. The van der Waals surface area contributed by atoms with Gasteiger partial charge in [-0.05, 0) is 36.5 Å². The number of amides is 2. The summed E-state index contributed by atoms with van der Waals surface area (Å²) in [4.78, 5) is 23.8. The van der Waals surface area contributed by atoms with Crippen molar-refractivity contribution in [1.82, 2.24) is 10.6 Å². The van der Waals surface area contributed by atoms with Gasteiger partial charge in [0.15, 0.2) is 0 Å².